The summed E-state index contributed by atoms with van der Waals surface area (Å²) in [5.74, 6) is 0.966. The van der Waals surface area contributed by atoms with E-state index in [-0.39, 0.29) is 0 Å². The van der Waals surface area contributed by atoms with Gasteiger partial charge in [0.05, 0.1) is 18.5 Å². The highest BCUT2D eigenvalue weighted by atomic mass is 32.2. The van der Waals surface area contributed by atoms with Crippen molar-refractivity contribution in [3.8, 4) is 0 Å². The largest absolute Gasteiger partial charge is 0.379 e. The zero-order valence-electron chi connectivity index (χ0n) is 11.3. The first kappa shape index (κ1) is 13.7. The molecule has 0 aromatic carbocycles. The van der Waals surface area contributed by atoms with Crippen molar-refractivity contribution in [3.05, 3.63) is 0 Å². The van der Waals surface area contributed by atoms with E-state index in [0.29, 0.717) is 0 Å². The SMILES string of the molecule is CCCNC1CCC(CC)CC1SC1COC1. The molecule has 0 aromatic rings. The number of hydrogen-bond donors (Lipinski definition) is 1. The lowest BCUT2D eigenvalue weighted by atomic mass is 9.84. The van der Waals surface area contributed by atoms with Crippen LogP contribution in [0.15, 0.2) is 0 Å². The van der Waals surface area contributed by atoms with Gasteiger partial charge in [0.15, 0.2) is 0 Å². The van der Waals surface area contributed by atoms with E-state index in [1.807, 2.05) is 0 Å². The first-order chi connectivity index (χ1) is 8.33. The predicted molar refractivity (Wildman–Crippen MR) is 75.7 cm³/mol. The van der Waals surface area contributed by atoms with Crippen LogP contribution in [0.3, 0.4) is 0 Å². The second kappa shape index (κ2) is 7.01. The fraction of sp³-hybridized carbons (Fsp3) is 1.00. The lowest BCUT2D eigenvalue weighted by molar-refractivity contribution is 0.0450. The van der Waals surface area contributed by atoms with E-state index in [1.165, 1.54) is 38.6 Å². The molecule has 1 aliphatic heterocycles. The zero-order valence-corrected chi connectivity index (χ0v) is 12.1. The van der Waals surface area contributed by atoms with Gasteiger partial charge in [0.25, 0.3) is 0 Å². The van der Waals surface area contributed by atoms with Crippen molar-refractivity contribution in [3.63, 3.8) is 0 Å². The van der Waals surface area contributed by atoms with Gasteiger partial charge >= 0.3 is 0 Å². The summed E-state index contributed by atoms with van der Waals surface area (Å²) in [6, 6.07) is 0.753. The highest BCUT2D eigenvalue weighted by molar-refractivity contribution is 8.00. The van der Waals surface area contributed by atoms with Gasteiger partial charge in [-0.1, -0.05) is 20.3 Å². The van der Waals surface area contributed by atoms with Crippen molar-refractivity contribution >= 4 is 11.8 Å². The van der Waals surface area contributed by atoms with Crippen LogP contribution in [0.25, 0.3) is 0 Å². The molecule has 1 saturated heterocycles. The minimum Gasteiger partial charge on any atom is -0.379 e. The Bertz CT molecular complexity index is 218. The average molecular weight is 257 g/mol. The van der Waals surface area contributed by atoms with Gasteiger partial charge in [-0.2, -0.15) is 0 Å². The quantitative estimate of drug-likeness (QED) is 0.790. The third-order valence-electron chi connectivity index (χ3n) is 4.11. The van der Waals surface area contributed by atoms with Crippen LogP contribution < -0.4 is 5.32 Å². The standard InChI is InChI=1S/C14H27NOS/c1-3-7-15-13-6-5-11(4-2)8-14(13)17-12-9-16-10-12/h11-15H,3-10H2,1-2H3. The van der Waals surface area contributed by atoms with Gasteiger partial charge in [0, 0.05) is 11.3 Å². The summed E-state index contributed by atoms with van der Waals surface area (Å²) in [5.41, 5.74) is 0. The minimum absolute atomic E-state index is 0.753. The fourth-order valence-corrected chi connectivity index (χ4v) is 4.49. The maximum Gasteiger partial charge on any atom is 0.0608 e. The van der Waals surface area contributed by atoms with Gasteiger partial charge in [0.2, 0.25) is 0 Å². The van der Waals surface area contributed by atoms with Gasteiger partial charge in [-0.25, -0.2) is 0 Å². The number of nitrogens with one attached hydrogen (secondary N) is 1. The fourth-order valence-electron chi connectivity index (χ4n) is 2.84. The van der Waals surface area contributed by atoms with E-state index in [2.05, 4.69) is 30.9 Å². The van der Waals surface area contributed by atoms with E-state index in [9.17, 15) is 0 Å². The van der Waals surface area contributed by atoms with Crippen LogP contribution in [0.5, 0.6) is 0 Å². The van der Waals surface area contributed by atoms with E-state index in [1.54, 1.807) is 0 Å². The van der Waals surface area contributed by atoms with Crippen LogP contribution in [0, 0.1) is 5.92 Å². The monoisotopic (exact) mass is 257 g/mol. The highest BCUT2D eigenvalue weighted by Crippen LogP contribution is 2.37. The molecule has 2 fully saturated rings. The van der Waals surface area contributed by atoms with Gasteiger partial charge in [-0.05, 0) is 38.1 Å². The van der Waals surface area contributed by atoms with Crippen LogP contribution in [0.2, 0.25) is 0 Å². The molecule has 0 aromatic heterocycles. The van der Waals surface area contributed by atoms with Crippen molar-refractivity contribution in [2.45, 2.75) is 62.5 Å². The molecule has 2 aliphatic rings. The summed E-state index contributed by atoms with van der Waals surface area (Å²) >= 11 is 2.20. The van der Waals surface area contributed by atoms with Crippen LogP contribution >= 0.6 is 11.8 Å². The Morgan fingerprint density at radius 3 is 2.65 bits per heavy atom. The van der Waals surface area contributed by atoms with E-state index >= 15 is 0 Å². The maximum absolute atomic E-state index is 5.30. The smallest absolute Gasteiger partial charge is 0.0608 e. The molecule has 1 saturated carbocycles. The highest BCUT2D eigenvalue weighted by Gasteiger charge is 2.33. The van der Waals surface area contributed by atoms with E-state index in [4.69, 9.17) is 4.74 Å². The Morgan fingerprint density at radius 1 is 1.24 bits per heavy atom. The van der Waals surface area contributed by atoms with Gasteiger partial charge in [-0.3, -0.25) is 0 Å². The maximum atomic E-state index is 5.30. The number of thioether (sulfide) groups is 1. The second-order valence-electron chi connectivity index (χ2n) is 5.48. The Balaban J connectivity index is 1.83. The third kappa shape index (κ3) is 3.87. The van der Waals surface area contributed by atoms with Crippen molar-refractivity contribution in [1.29, 1.82) is 0 Å². The molecule has 0 amide bonds. The van der Waals surface area contributed by atoms with E-state index < -0.39 is 0 Å². The van der Waals surface area contributed by atoms with Crippen LogP contribution in [-0.2, 0) is 4.74 Å². The van der Waals surface area contributed by atoms with Crippen LogP contribution in [-0.4, -0.2) is 36.3 Å². The number of ether oxygens (including phenoxy) is 1. The van der Waals surface area contributed by atoms with Gasteiger partial charge in [0.1, 0.15) is 0 Å². The van der Waals surface area contributed by atoms with Gasteiger partial charge in [-0.15, -0.1) is 11.8 Å². The normalized spacial score (nSPS) is 34.6. The summed E-state index contributed by atoms with van der Waals surface area (Å²) in [5, 5.41) is 5.37. The van der Waals surface area contributed by atoms with Crippen molar-refractivity contribution in [2.75, 3.05) is 19.8 Å². The molecule has 100 valence electrons. The van der Waals surface area contributed by atoms with Crippen molar-refractivity contribution in [2.24, 2.45) is 5.92 Å². The summed E-state index contributed by atoms with van der Waals surface area (Å²) < 4.78 is 5.30. The van der Waals surface area contributed by atoms with Gasteiger partial charge < -0.3 is 10.1 Å². The molecule has 17 heavy (non-hydrogen) atoms. The molecular formula is C14H27NOS. The number of rotatable bonds is 6. The molecule has 1 heterocycles. The lowest BCUT2D eigenvalue weighted by Crippen LogP contribution is -2.45. The summed E-state index contributed by atoms with van der Waals surface area (Å²) in [6.45, 7) is 7.75. The van der Waals surface area contributed by atoms with Crippen LogP contribution in [0.1, 0.15) is 46.0 Å². The van der Waals surface area contributed by atoms with Crippen LogP contribution in [0.4, 0.5) is 0 Å². The third-order valence-corrected chi connectivity index (χ3v) is 5.64. The first-order valence-corrected chi connectivity index (χ1v) is 8.24. The Hall–Kier alpha value is 0.270. The Kier molecular flexibility index (Phi) is 5.64. The molecule has 3 unspecified atom stereocenters. The Morgan fingerprint density at radius 2 is 2.06 bits per heavy atom. The molecule has 2 nitrogen and oxygen atoms in total. The summed E-state index contributed by atoms with van der Waals surface area (Å²) in [7, 11) is 0. The first-order valence-electron chi connectivity index (χ1n) is 7.30. The molecule has 2 rings (SSSR count). The molecular weight excluding hydrogens is 230 g/mol. The zero-order chi connectivity index (χ0) is 12.1. The average Bonchev–Trinajstić information content (AvgIpc) is 2.31. The molecule has 0 spiro atoms. The second-order valence-corrected chi connectivity index (χ2v) is 7.03. The Labute approximate surface area is 110 Å². The summed E-state index contributed by atoms with van der Waals surface area (Å²) in [4.78, 5) is 0. The lowest BCUT2D eigenvalue weighted by Gasteiger charge is -2.39. The molecule has 3 atom stereocenters. The summed E-state index contributed by atoms with van der Waals surface area (Å²) in [6.07, 6.45) is 6.83. The number of hydrogen-bond acceptors (Lipinski definition) is 3. The molecule has 0 radical (unpaired) electrons. The van der Waals surface area contributed by atoms with E-state index in [0.717, 1.165) is 35.7 Å². The van der Waals surface area contributed by atoms with Crippen molar-refractivity contribution < 1.29 is 4.74 Å². The molecule has 1 N–H and O–H groups in total. The van der Waals surface area contributed by atoms with Crippen molar-refractivity contribution in [1.82, 2.24) is 5.32 Å². The molecule has 0 bridgehead atoms. The molecule has 3 heteroatoms. The predicted octanol–water partition coefficient (Wildman–Crippen LogP) is 3.07. The topological polar surface area (TPSA) is 21.3 Å². The molecule has 1 aliphatic carbocycles. The minimum atomic E-state index is 0.753.